The third-order valence-electron chi connectivity index (χ3n) is 4.68. The second kappa shape index (κ2) is 4.84. The van der Waals surface area contributed by atoms with Crippen LogP contribution in [0, 0.1) is 29.5 Å². The topological polar surface area (TPSA) is 80.9 Å². The van der Waals surface area contributed by atoms with Crippen LogP contribution in [-0.2, 0) is 4.79 Å². The average Bonchev–Trinajstić information content (AvgIpc) is 2.90. The lowest BCUT2D eigenvalue weighted by Gasteiger charge is -2.33. The molecule has 5 nitrogen and oxygen atoms in total. The zero-order chi connectivity index (χ0) is 14.4. The zero-order valence-corrected chi connectivity index (χ0v) is 11.8. The van der Waals surface area contributed by atoms with Crippen molar-refractivity contribution in [2.45, 2.75) is 25.8 Å². The van der Waals surface area contributed by atoms with E-state index < -0.39 is 5.82 Å². The van der Waals surface area contributed by atoms with E-state index in [9.17, 15) is 9.18 Å². The monoisotopic (exact) mass is 298 g/mol. The van der Waals surface area contributed by atoms with Crippen LogP contribution in [0.5, 0.6) is 0 Å². The van der Waals surface area contributed by atoms with E-state index in [-0.39, 0.29) is 34.9 Å². The molecular weight excluding hydrogens is 283 g/mol. The summed E-state index contributed by atoms with van der Waals surface area (Å²) in [7, 11) is 0. The maximum Gasteiger partial charge on any atom is 0.224 e. The SMILES string of the molecule is CC1CC2CC1C(Nc1nc(Cl)ncc1F)C2C(N)=O. The van der Waals surface area contributed by atoms with Crippen LogP contribution in [0.3, 0.4) is 0 Å². The Balaban J connectivity index is 1.88. The smallest absolute Gasteiger partial charge is 0.224 e. The molecule has 1 amide bonds. The van der Waals surface area contributed by atoms with Gasteiger partial charge in [-0.25, -0.2) is 9.37 Å². The molecule has 0 saturated heterocycles. The predicted octanol–water partition coefficient (Wildman–Crippen LogP) is 1.83. The first-order valence-corrected chi connectivity index (χ1v) is 7.09. The number of nitrogens with zero attached hydrogens (tertiary/aromatic N) is 2. The number of carbonyl (C=O) groups excluding carboxylic acids is 1. The molecule has 3 rings (SSSR count). The first kappa shape index (κ1) is 13.5. The molecule has 108 valence electrons. The van der Waals surface area contributed by atoms with Gasteiger partial charge in [0.15, 0.2) is 11.6 Å². The molecule has 5 unspecified atom stereocenters. The molecule has 0 spiro atoms. The van der Waals surface area contributed by atoms with Gasteiger partial charge in [0.1, 0.15) is 0 Å². The van der Waals surface area contributed by atoms with E-state index in [0.29, 0.717) is 11.8 Å². The highest BCUT2D eigenvalue weighted by molar-refractivity contribution is 6.28. The molecule has 1 aromatic heterocycles. The fourth-order valence-electron chi connectivity index (χ4n) is 3.89. The molecule has 1 heterocycles. The summed E-state index contributed by atoms with van der Waals surface area (Å²) in [5, 5.41) is 3.00. The molecular formula is C13H16ClFN4O. The first-order valence-electron chi connectivity index (χ1n) is 6.71. The summed E-state index contributed by atoms with van der Waals surface area (Å²) in [6.45, 7) is 2.15. The molecule has 2 saturated carbocycles. The number of carbonyl (C=O) groups is 1. The Hall–Kier alpha value is -1.43. The van der Waals surface area contributed by atoms with Crippen molar-refractivity contribution in [3.63, 3.8) is 0 Å². The fourth-order valence-corrected chi connectivity index (χ4v) is 4.03. The standard InChI is InChI=1S/C13H16ClFN4O/c1-5-2-6-3-7(5)10(9(6)11(16)20)18-12-8(15)4-17-13(14)19-12/h4-7,9-10H,2-3H2,1H3,(H2,16,20)(H,17,18,19). The number of primary amides is 1. The van der Waals surface area contributed by atoms with Crippen molar-refractivity contribution >= 4 is 23.3 Å². The molecule has 0 radical (unpaired) electrons. The Bertz CT molecular complexity index is 555. The van der Waals surface area contributed by atoms with E-state index in [1.165, 1.54) is 0 Å². The van der Waals surface area contributed by atoms with Gasteiger partial charge in [-0.15, -0.1) is 0 Å². The zero-order valence-electron chi connectivity index (χ0n) is 11.0. The Kier molecular flexibility index (Phi) is 3.28. The normalized spacial score (nSPS) is 35.2. The second-order valence-electron chi connectivity index (χ2n) is 5.81. The van der Waals surface area contributed by atoms with Crippen LogP contribution in [0.1, 0.15) is 19.8 Å². The highest BCUT2D eigenvalue weighted by Gasteiger charge is 2.53. The van der Waals surface area contributed by atoms with E-state index in [4.69, 9.17) is 17.3 Å². The number of aromatic nitrogens is 2. The Morgan fingerprint density at radius 3 is 3.00 bits per heavy atom. The first-order chi connectivity index (χ1) is 9.47. The van der Waals surface area contributed by atoms with Crippen LogP contribution in [-0.4, -0.2) is 21.9 Å². The molecule has 2 aliphatic carbocycles. The van der Waals surface area contributed by atoms with Gasteiger partial charge in [0.2, 0.25) is 11.2 Å². The molecule has 2 bridgehead atoms. The van der Waals surface area contributed by atoms with Crippen molar-refractivity contribution in [3.8, 4) is 0 Å². The molecule has 2 aliphatic rings. The maximum atomic E-state index is 13.7. The number of rotatable bonds is 3. The van der Waals surface area contributed by atoms with E-state index in [2.05, 4.69) is 22.2 Å². The van der Waals surface area contributed by atoms with Crippen LogP contribution < -0.4 is 11.1 Å². The van der Waals surface area contributed by atoms with Gasteiger partial charge in [-0.2, -0.15) is 4.98 Å². The molecule has 0 aromatic carbocycles. The minimum Gasteiger partial charge on any atom is -0.369 e. The molecule has 5 atom stereocenters. The van der Waals surface area contributed by atoms with Crippen LogP contribution >= 0.6 is 11.6 Å². The van der Waals surface area contributed by atoms with E-state index in [0.717, 1.165) is 19.0 Å². The van der Waals surface area contributed by atoms with Gasteiger partial charge in [0.25, 0.3) is 0 Å². The van der Waals surface area contributed by atoms with Gasteiger partial charge in [-0.05, 0) is 42.2 Å². The molecule has 1 aromatic rings. The predicted molar refractivity (Wildman–Crippen MR) is 72.5 cm³/mol. The van der Waals surface area contributed by atoms with Gasteiger partial charge in [-0.1, -0.05) is 6.92 Å². The highest BCUT2D eigenvalue weighted by Crippen LogP contribution is 2.52. The second-order valence-corrected chi connectivity index (χ2v) is 6.14. The summed E-state index contributed by atoms with van der Waals surface area (Å²) in [6, 6.07) is -0.179. The lowest BCUT2D eigenvalue weighted by molar-refractivity contribution is -0.123. The van der Waals surface area contributed by atoms with Crippen LogP contribution in [0.4, 0.5) is 10.2 Å². The number of fused-ring (bicyclic) bond motifs is 2. The quantitative estimate of drug-likeness (QED) is 0.834. The third-order valence-corrected chi connectivity index (χ3v) is 4.87. The fraction of sp³-hybridized carbons (Fsp3) is 0.615. The van der Waals surface area contributed by atoms with Crippen LogP contribution in [0.2, 0.25) is 5.28 Å². The van der Waals surface area contributed by atoms with Crippen molar-refractivity contribution in [1.82, 2.24) is 9.97 Å². The van der Waals surface area contributed by atoms with Gasteiger partial charge >= 0.3 is 0 Å². The van der Waals surface area contributed by atoms with Crippen molar-refractivity contribution in [2.75, 3.05) is 5.32 Å². The summed E-state index contributed by atoms with van der Waals surface area (Å²) >= 11 is 5.69. The number of anilines is 1. The van der Waals surface area contributed by atoms with Gasteiger partial charge < -0.3 is 11.1 Å². The lowest BCUT2D eigenvalue weighted by atomic mass is 9.78. The Morgan fingerprint density at radius 1 is 1.55 bits per heavy atom. The third kappa shape index (κ3) is 2.12. The number of hydrogen-bond acceptors (Lipinski definition) is 4. The number of hydrogen-bond donors (Lipinski definition) is 2. The molecule has 7 heteroatoms. The maximum absolute atomic E-state index is 13.7. The van der Waals surface area contributed by atoms with Crippen molar-refractivity contribution in [1.29, 1.82) is 0 Å². The Morgan fingerprint density at radius 2 is 2.30 bits per heavy atom. The van der Waals surface area contributed by atoms with Crippen molar-refractivity contribution in [2.24, 2.45) is 29.4 Å². The lowest BCUT2D eigenvalue weighted by Crippen LogP contribution is -2.44. The van der Waals surface area contributed by atoms with Crippen molar-refractivity contribution in [3.05, 3.63) is 17.3 Å². The van der Waals surface area contributed by atoms with Gasteiger partial charge in [-0.3, -0.25) is 4.79 Å². The van der Waals surface area contributed by atoms with Crippen LogP contribution in [0.15, 0.2) is 6.20 Å². The largest absolute Gasteiger partial charge is 0.369 e. The van der Waals surface area contributed by atoms with E-state index in [1.54, 1.807) is 0 Å². The average molecular weight is 299 g/mol. The molecule has 20 heavy (non-hydrogen) atoms. The van der Waals surface area contributed by atoms with Crippen molar-refractivity contribution < 1.29 is 9.18 Å². The van der Waals surface area contributed by atoms with Gasteiger partial charge in [0, 0.05) is 6.04 Å². The summed E-state index contributed by atoms with van der Waals surface area (Å²) in [4.78, 5) is 19.1. The minimum absolute atomic E-state index is 0.0271. The molecule has 2 fully saturated rings. The summed E-state index contributed by atoms with van der Waals surface area (Å²) < 4.78 is 13.7. The summed E-state index contributed by atoms with van der Waals surface area (Å²) in [5.74, 6) is -0.0506. The number of halogens is 2. The summed E-state index contributed by atoms with van der Waals surface area (Å²) in [6.07, 6.45) is 2.98. The minimum atomic E-state index is -0.576. The number of nitrogens with one attached hydrogen (secondary N) is 1. The van der Waals surface area contributed by atoms with E-state index >= 15 is 0 Å². The highest BCUT2D eigenvalue weighted by atomic mass is 35.5. The number of nitrogens with two attached hydrogens (primary N) is 1. The molecule has 3 N–H and O–H groups in total. The van der Waals surface area contributed by atoms with Crippen LogP contribution in [0.25, 0.3) is 0 Å². The number of amides is 1. The summed E-state index contributed by atoms with van der Waals surface area (Å²) in [5.41, 5.74) is 5.51. The molecule has 0 aliphatic heterocycles. The Labute approximate surface area is 121 Å². The van der Waals surface area contributed by atoms with Gasteiger partial charge in [0.05, 0.1) is 12.1 Å². The van der Waals surface area contributed by atoms with E-state index in [1.807, 2.05) is 0 Å².